The van der Waals surface area contributed by atoms with E-state index in [4.69, 9.17) is 14.2 Å². The van der Waals surface area contributed by atoms with Gasteiger partial charge in [-0.3, -0.25) is 4.79 Å². The summed E-state index contributed by atoms with van der Waals surface area (Å²) in [6, 6.07) is 13.9. The quantitative estimate of drug-likeness (QED) is 0.113. The second kappa shape index (κ2) is 15.6. The van der Waals surface area contributed by atoms with Crippen molar-refractivity contribution in [3.63, 3.8) is 0 Å². The Bertz CT molecular complexity index is 1370. The maximum Gasteiger partial charge on any atom is 0.419 e. The van der Waals surface area contributed by atoms with E-state index in [9.17, 15) is 32.7 Å². The van der Waals surface area contributed by atoms with Gasteiger partial charge in [0, 0.05) is 12.0 Å². The molecule has 8 nitrogen and oxygen atoms in total. The van der Waals surface area contributed by atoms with E-state index < -0.39 is 41.4 Å². The zero-order chi connectivity index (χ0) is 31.4. The van der Waals surface area contributed by atoms with Crippen LogP contribution in [0.2, 0.25) is 0 Å². The first-order chi connectivity index (χ1) is 20.5. The molecule has 3 aromatic carbocycles. The predicted octanol–water partition coefficient (Wildman–Crippen LogP) is 6.71. The number of carbonyl (C=O) groups is 3. The lowest BCUT2D eigenvalue weighted by Gasteiger charge is -2.17. The molecule has 0 saturated carbocycles. The van der Waals surface area contributed by atoms with Crippen LogP contribution in [0.25, 0.3) is 0 Å². The van der Waals surface area contributed by atoms with E-state index in [2.05, 4.69) is 12.2 Å². The number of nitrogens with one attached hydrogen (secondary N) is 1. The molecule has 0 unspecified atom stereocenters. The fourth-order valence-electron chi connectivity index (χ4n) is 4.19. The largest absolute Gasteiger partial charge is 0.496 e. The molecule has 3 aromatic rings. The predicted molar refractivity (Wildman–Crippen MR) is 153 cm³/mol. The van der Waals surface area contributed by atoms with E-state index >= 15 is 0 Å². The number of methoxy groups -OCH3 is 1. The summed E-state index contributed by atoms with van der Waals surface area (Å²) in [5, 5.41) is 11.9. The first kappa shape index (κ1) is 33.0. The Kier molecular flexibility index (Phi) is 12.0. The van der Waals surface area contributed by atoms with Crippen LogP contribution < -0.4 is 19.5 Å². The molecule has 0 aliphatic carbocycles. The van der Waals surface area contributed by atoms with E-state index in [1.165, 1.54) is 43.5 Å². The highest BCUT2D eigenvalue weighted by molar-refractivity contribution is 5.97. The molecule has 1 atom stereocenters. The molecule has 0 aliphatic heterocycles. The number of ether oxygens (including phenoxy) is 3. The third-order valence-electron chi connectivity index (χ3n) is 6.55. The Labute approximate surface area is 247 Å². The van der Waals surface area contributed by atoms with Crippen molar-refractivity contribution in [1.29, 1.82) is 0 Å². The number of rotatable bonds is 15. The molecule has 43 heavy (non-hydrogen) atoms. The average molecular weight is 602 g/mol. The molecule has 2 N–H and O–H groups in total. The maximum absolute atomic E-state index is 13.3. The molecule has 0 spiro atoms. The zero-order valence-corrected chi connectivity index (χ0v) is 23.9. The van der Waals surface area contributed by atoms with Gasteiger partial charge in [-0.15, -0.1) is 0 Å². The Morgan fingerprint density at radius 2 is 1.49 bits per heavy atom. The molecular formula is C32H34F3NO7. The lowest BCUT2D eigenvalue weighted by molar-refractivity contribution is -0.140. The summed E-state index contributed by atoms with van der Waals surface area (Å²) >= 11 is 0. The SMILES string of the molecule is CCCCCCCOc1ccc(C(=O)Oc2ccc(C[C@H](NC(=O)c3ccc(OC)c(C(F)(F)F)c3)C(=O)O)cc2)cc1. The number of aliphatic carboxylic acids is 1. The third kappa shape index (κ3) is 10.1. The summed E-state index contributed by atoms with van der Waals surface area (Å²) in [6.45, 7) is 2.77. The van der Waals surface area contributed by atoms with Gasteiger partial charge in [0.15, 0.2) is 0 Å². The Morgan fingerprint density at radius 3 is 2.09 bits per heavy atom. The minimum atomic E-state index is -4.77. The lowest BCUT2D eigenvalue weighted by Crippen LogP contribution is -2.42. The zero-order valence-electron chi connectivity index (χ0n) is 23.9. The maximum atomic E-state index is 13.3. The van der Waals surface area contributed by atoms with Crippen molar-refractivity contribution in [3.8, 4) is 17.2 Å². The molecule has 0 radical (unpaired) electrons. The van der Waals surface area contributed by atoms with Crippen LogP contribution in [0, 0.1) is 0 Å². The first-order valence-corrected chi connectivity index (χ1v) is 13.8. The Balaban J connectivity index is 1.56. The molecule has 0 aromatic heterocycles. The molecule has 1 amide bonds. The summed E-state index contributed by atoms with van der Waals surface area (Å²) < 4.78 is 55.8. The van der Waals surface area contributed by atoms with Gasteiger partial charge in [0.25, 0.3) is 5.91 Å². The van der Waals surface area contributed by atoms with E-state index in [1.54, 1.807) is 24.3 Å². The smallest absolute Gasteiger partial charge is 0.419 e. The van der Waals surface area contributed by atoms with Crippen LogP contribution >= 0.6 is 0 Å². The molecule has 0 saturated heterocycles. The topological polar surface area (TPSA) is 111 Å². The number of benzene rings is 3. The van der Waals surface area contributed by atoms with Gasteiger partial charge in [0.05, 0.1) is 24.8 Å². The molecule has 0 aliphatic rings. The minimum absolute atomic E-state index is 0.169. The number of carboxylic acid groups (broad SMARTS) is 1. The van der Waals surface area contributed by atoms with Crippen LogP contribution in [-0.2, 0) is 17.4 Å². The molecule has 0 fully saturated rings. The van der Waals surface area contributed by atoms with Crippen LogP contribution in [0.1, 0.15) is 70.9 Å². The van der Waals surface area contributed by atoms with Gasteiger partial charge in [-0.25, -0.2) is 9.59 Å². The number of esters is 1. The average Bonchev–Trinajstić information content (AvgIpc) is 2.98. The number of carboxylic acids is 1. The van der Waals surface area contributed by atoms with E-state index in [0.29, 0.717) is 29.5 Å². The van der Waals surface area contributed by atoms with Gasteiger partial charge in [-0.1, -0.05) is 44.7 Å². The summed E-state index contributed by atoms with van der Waals surface area (Å²) in [5.74, 6) is -2.55. The number of halogens is 3. The third-order valence-corrected chi connectivity index (χ3v) is 6.55. The number of carbonyl (C=O) groups excluding carboxylic acids is 2. The summed E-state index contributed by atoms with van der Waals surface area (Å²) in [4.78, 5) is 37.0. The van der Waals surface area contributed by atoms with Crippen molar-refractivity contribution in [3.05, 3.63) is 89.0 Å². The van der Waals surface area contributed by atoms with E-state index in [1.807, 2.05) is 0 Å². The van der Waals surface area contributed by atoms with Crippen molar-refractivity contribution in [2.45, 2.75) is 57.7 Å². The number of hydrogen-bond donors (Lipinski definition) is 2. The summed E-state index contributed by atoms with van der Waals surface area (Å²) in [5.41, 5.74) is -0.726. The van der Waals surface area contributed by atoms with Gasteiger partial charge in [-0.2, -0.15) is 13.2 Å². The first-order valence-electron chi connectivity index (χ1n) is 13.8. The van der Waals surface area contributed by atoms with Gasteiger partial charge >= 0.3 is 18.1 Å². The highest BCUT2D eigenvalue weighted by Crippen LogP contribution is 2.36. The molecule has 0 bridgehead atoms. The van der Waals surface area contributed by atoms with E-state index in [0.717, 1.165) is 32.1 Å². The number of amides is 1. The molecule has 11 heteroatoms. The molecule has 0 heterocycles. The van der Waals surface area contributed by atoms with Crippen molar-refractivity contribution < 1.29 is 46.9 Å². The minimum Gasteiger partial charge on any atom is -0.496 e. The van der Waals surface area contributed by atoms with Crippen LogP contribution in [0.15, 0.2) is 66.7 Å². The highest BCUT2D eigenvalue weighted by Gasteiger charge is 2.35. The number of hydrogen-bond acceptors (Lipinski definition) is 6. The second-order valence-electron chi connectivity index (χ2n) is 9.80. The fraction of sp³-hybridized carbons (Fsp3) is 0.344. The van der Waals surface area contributed by atoms with Crippen LogP contribution in [0.4, 0.5) is 13.2 Å². The molecular weight excluding hydrogens is 567 g/mol. The van der Waals surface area contributed by atoms with E-state index in [-0.39, 0.29) is 17.7 Å². The number of unbranched alkanes of at least 4 members (excludes halogenated alkanes) is 4. The van der Waals surface area contributed by atoms with Crippen molar-refractivity contribution in [1.82, 2.24) is 5.32 Å². The van der Waals surface area contributed by atoms with Crippen molar-refractivity contribution in [2.75, 3.05) is 13.7 Å². The number of alkyl halides is 3. The standard InChI is InChI=1S/C32H34F3NO7/c1-3-4-5-6-7-18-42-24-15-10-22(11-16-24)31(40)43-25-13-8-21(9-14-25)19-27(30(38)39)36-29(37)23-12-17-28(41-2)26(20-23)32(33,34)35/h8-17,20,27H,3-7,18-19H2,1-2H3,(H,36,37)(H,38,39)/t27-/m0/s1. The summed E-state index contributed by atoms with van der Waals surface area (Å²) in [6.07, 6.45) is 0.704. The molecule has 3 rings (SSSR count). The highest BCUT2D eigenvalue weighted by atomic mass is 19.4. The molecule has 230 valence electrons. The van der Waals surface area contributed by atoms with Gasteiger partial charge in [0.2, 0.25) is 0 Å². The van der Waals surface area contributed by atoms with Crippen LogP contribution in [0.3, 0.4) is 0 Å². The van der Waals surface area contributed by atoms with Crippen LogP contribution in [0.5, 0.6) is 17.2 Å². The van der Waals surface area contributed by atoms with Crippen LogP contribution in [-0.4, -0.2) is 42.7 Å². The fourth-order valence-corrected chi connectivity index (χ4v) is 4.19. The monoisotopic (exact) mass is 601 g/mol. The van der Waals surface area contributed by atoms with Gasteiger partial charge in [0.1, 0.15) is 23.3 Å². The van der Waals surface area contributed by atoms with Gasteiger partial charge in [-0.05, 0) is 66.6 Å². The second-order valence-corrected chi connectivity index (χ2v) is 9.80. The van der Waals surface area contributed by atoms with Gasteiger partial charge < -0.3 is 24.6 Å². The van der Waals surface area contributed by atoms with Crippen molar-refractivity contribution in [2.24, 2.45) is 0 Å². The Morgan fingerprint density at radius 1 is 0.860 bits per heavy atom. The Hall–Kier alpha value is -4.54. The summed E-state index contributed by atoms with van der Waals surface area (Å²) in [7, 11) is 1.07. The normalized spacial score (nSPS) is 11.8. The lowest BCUT2D eigenvalue weighted by atomic mass is 10.0. The van der Waals surface area contributed by atoms with Crippen molar-refractivity contribution >= 4 is 17.8 Å².